The molecule has 1 heterocycles. The van der Waals surface area contributed by atoms with Crippen LogP contribution >= 0.6 is 0 Å². The van der Waals surface area contributed by atoms with Gasteiger partial charge in [0, 0.05) is 25.2 Å². The predicted octanol–water partition coefficient (Wildman–Crippen LogP) is 3.24. The van der Waals surface area contributed by atoms with E-state index in [-0.39, 0.29) is 18.2 Å². The molecule has 8 nitrogen and oxygen atoms in total. The summed E-state index contributed by atoms with van der Waals surface area (Å²) in [5.41, 5.74) is 0.838. The molecule has 0 saturated carbocycles. The SMILES string of the molecule is O=C(COc1ccc([N+](=O)[O-])cc1)Nc1ccccc1C(=O)N1CCCCC1. The van der Waals surface area contributed by atoms with E-state index in [1.165, 1.54) is 24.3 Å². The lowest BCUT2D eigenvalue weighted by atomic mass is 10.1. The van der Waals surface area contributed by atoms with Crippen molar-refractivity contribution < 1.29 is 19.2 Å². The number of non-ortho nitro benzene ring substituents is 1. The smallest absolute Gasteiger partial charge is 0.269 e. The summed E-state index contributed by atoms with van der Waals surface area (Å²) in [6, 6.07) is 12.4. The minimum atomic E-state index is -0.507. The van der Waals surface area contributed by atoms with Crippen LogP contribution in [-0.4, -0.2) is 41.3 Å². The van der Waals surface area contributed by atoms with Crippen molar-refractivity contribution in [3.8, 4) is 5.75 Å². The van der Waals surface area contributed by atoms with Crippen LogP contribution in [0.25, 0.3) is 0 Å². The number of benzene rings is 2. The van der Waals surface area contributed by atoms with Gasteiger partial charge in [0.1, 0.15) is 5.75 Å². The van der Waals surface area contributed by atoms with Gasteiger partial charge >= 0.3 is 0 Å². The predicted molar refractivity (Wildman–Crippen MR) is 103 cm³/mol. The van der Waals surface area contributed by atoms with Gasteiger partial charge in [-0.2, -0.15) is 0 Å². The third kappa shape index (κ3) is 4.85. The molecular formula is C20H21N3O5. The van der Waals surface area contributed by atoms with Crippen LogP contribution in [0.15, 0.2) is 48.5 Å². The number of ether oxygens (including phenoxy) is 1. The fourth-order valence-electron chi connectivity index (χ4n) is 3.05. The Bertz CT molecular complexity index is 860. The summed E-state index contributed by atoms with van der Waals surface area (Å²) in [5.74, 6) is -0.164. The molecule has 1 N–H and O–H groups in total. The Morgan fingerprint density at radius 2 is 1.71 bits per heavy atom. The Kier molecular flexibility index (Phi) is 6.21. The summed E-state index contributed by atoms with van der Waals surface area (Å²) in [6.45, 7) is 1.18. The Morgan fingerprint density at radius 3 is 2.39 bits per heavy atom. The number of amides is 2. The minimum absolute atomic E-state index is 0.0537. The summed E-state index contributed by atoms with van der Waals surface area (Å²) in [4.78, 5) is 37.0. The molecule has 0 radical (unpaired) electrons. The molecule has 0 unspecified atom stereocenters. The molecule has 2 amide bonds. The second-order valence-corrected chi connectivity index (χ2v) is 6.49. The maximum absolute atomic E-state index is 12.8. The van der Waals surface area contributed by atoms with Crippen molar-refractivity contribution in [3.05, 3.63) is 64.2 Å². The van der Waals surface area contributed by atoms with Crippen molar-refractivity contribution in [2.24, 2.45) is 0 Å². The average molecular weight is 383 g/mol. The first-order valence-corrected chi connectivity index (χ1v) is 9.10. The number of para-hydroxylation sites is 1. The van der Waals surface area contributed by atoms with Gasteiger partial charge in [0.05, 0.1) is 16.2 Å². The van der Waals surface area contributed by atoms with Gasteiger partial charge in [0.15, 0.2) is 6.61 Å². The van der Waals surface area contributed by atoms with Crippen LogP contribution in [0, 0.1) is 10.1 Å². The van der Waals surface area contributed by atoms with Crippen LogP contribution in [0.4, 0.5) is 11.4 Å². The van der Waals surface area contributed by atoms with E-state index in [1.807, 2.05) is 4.90 Å². The molecule has 0 aromatic heterocycles. The molecule has 146 valence electrons. The van der Waals surface area contributed by atoms with Crippen LogP contribution in [0.3, 0.4) is 0 Å². The zero-order valence-corrected chi connectivity index (χ0v) is 15.3. The van der Waals surface area contributed by atoms with Crippen molar-refractivity contribution in [3.63, 3.8) is 0 Å². The lowest BCUT2D eigenvalue weighted by Crippen LogP contribution is -2.36. The highest BCUT2D eigenvalue weighted by Gasteiger charge is 2.21. The molecule has 1 saturated heterocycles. The third-order valence-electron chi connectivity index (χ3n) is 4.49. The van der Waals surface area contributed by atoms with Crippen LogP contribution in [0.5, 0.6) is 5.75 Å². The lowest BCUT2D eigenvalue weighted by Gasteiger charge is -2.27. The monoisotopic (exact) mass is 383 g/mol. The molecule has 0 atom stereocenters. The first-order chi connectivity index (χ1) is 13.5. The van der Waals surface area contributed by atoms with Crippen LogP contribution < -0.4 is 10.1 Å². The maximum Gasteiger partial charge on any atom is 0.269 e. The van der Waals surface area contributed by atoms with E-state index in [2.05, 4.69) is 5.32 Å². The number of nitro groups is 1. The number of nitrogens with zero attached hydrogens (tertiary/aromatic N) is 2. The van der Waals surface area contributed by atoms with Crippen molar-refractivity contribution >= 4 is 23.2 Å². The molecule has 2 aromatic carbocycles. The highest BCUT2D eigenvalue weighted by atomic mass is 16.6. The average Bonchev–Trinajstić information content (AvgIpc) is 2.73. The third-order valence-corrected chi connectivity index (χ3v) is 4.49. The van der Waals surface area contributed by atoms with Crippen molar-refractivity contribution in [2.75, 3.05) is 25.0 Å². The summed E-state index contributed by atoms with van der Waals surface area (Å²) in [6.07, 6.45) is 3.11. The summed E-state index contributed by atoms with van der Waals surface area (Å²) in [5, 5.41) is 13.4. The molecule has 2 aromatic rings. The summed E-state index contributed by atoms with van der Waals surface area (Å²) < 4.78 is 5.36. The van der Waals surface area contributed by atoms with Gasteiger partial charge in [-0.05, 0) is 43.5 Å². The van der Waals surface area contributed by atoms with Gasteiger partial charge in [-0.3, -0.25) is 19.7 Å². The van der Waals surface area contributed by atoms with E-state index in [1.54, 1.807) is 24.3 Å². The van der Waals surface area contributed by atoms with E-state index in [4.69, 9.17) is 4.74 Å². The number of nitrogens with one attached hydrogen (secondary N) is 1. The van der Waals surface area contributed by atoms with Gasteiger partial charge in [0.25, 0.3) is 17.5 Å². The minimum Gasteiger partial charge on any atom is -0.484 e. The highest BCUT2D eigenvalue weighted by Crippen LogP contribution is 2.21. The molecule has 8 heteroatoms. The number of anilines is 1. The van der Waals surface area contributed by atoms with Crippen LogP contribution in [0.2, 0.25) is 0 Å². The van der Waals surface area contributed by atoms with Crippen molar-refractivity contribution in [1.82, 2.24) is 4.90 Å². The van der Waals surface area contributed by atoms with Crippen molar-refractivity contribution in [1.29, 1.82) is 0 Å². The number of hydrogen-bond acceptors (Lipinski definition) is 5. The molecule has 1 fully saturated rings. The van der Waals surface area contributed by atoms with Gasteiger partial charge in [0.2, 0.25) is 0 Å². The number of likely N-dealkylation sites (tertiary alicyclic amines) is 1. The van der Waals surface area contributed by atoms with Crippen LogP contribution in [0.1, 0.15) is 29.6 Å². The molecule has 1 aliphatic heterocycles. The molecule has 3 rings (SSSR count). The second-order valence-electron chi connectivity index (χ2n) is 6.49. The Hall–Kier alpha value is -3.42. The van der Waals surface area contributed by atoms with E-state index in [0.29, 0.717) is 17.0 Å². The number of piperidine rings is 1. The Labute approximate surface area is 162 Å². The molecule has 0 bridgehead atoms. The molecule has 1 aliphatic rings. The fourth-order valence-corrected chi connectivity index (χ4v) is 3.05. The van der Waals surface area contributed by atoms with Gasteiger partial charge in [-0.25, -0.2) is 0 Å². The number of rotatable bonds is 6. The van der Waals surface area contributed by atoms with Crippen LogP contribution in [-0.2, 0) is 4.79 Å². The molecule has 0 aliphatic carbocycles. The topological polar surface area (TPSA) is 102 Å². The fraction of sp³-hybridized carbons (Fsp3) is 0.300. The first kappa shape index (κ1) is 19.3. The lowest BCUT2D eigenvalue weighted by molar-refractivity contribution is -0.384. The highest BCUT2D eigenvalue weighted by molar-refractivity contribution is 6.04. The number of carbonyl (C=O) groups excluding carboxylic acids is 2. The summed E-state index contributed by atoms with van der Waals surface area (Å²) in [7, 11) is 0. The molecule has 0 spiro atoms. The Morgan fingerprint density at radius 1 is 1.04 bits per heavy atom. The zero-order chi connectivity index (χ0) is 19.9. The van der Waals surface area contributed by atoms with E-state index < -0.39 is 10.8 Å². The number of hydrogen-bond donors (Lipinski definition) is 1. The van der Waals surface area contributed by atoms with Crippen molar-refractivity contribution in [2.45, 2.75) is 19.3 Å². The quantitative estimate of drug-likeness (QED) is 0.609. The van der Waals surface area contributed by atoms with E-state index >= 15 is 0 Å². The number of nitro benzene ring substituents is 1. The van der Waals surface area contributed by atoms with Gasteiger partial charge < -0.3 is 15.0 Å². The maximum atomic E-state index is 12.8. The Balaban J connectivity index is 1.61. The number of carbonyl (C=O) groups is 2. The largest absolute Gasteiger partial charge is 0.484 e. The van der Waals surface area contributed by atoms with Gasteiger partial charge in [-0.1, -0.05) is 12.1 Å². The molecule has 28 heavy (non-hydrogen) atoms. The molecular weight excluding hydrogens is 362 g/mol. The van der Waals surface area contributed by atoms with E-state index in [9.17, 15) is 19.7 Å². The summed E-state index contributed by atoms with van der Waals surface area (Å²) >= 11 is 0. The first-order valence-electron chi connectivity index (χ1n) is 9.10. The zero-order valence-electron chi connectivity index (χ0n) is 15.3. The second kappa shape index (κ2) is 8.98. The van der Waals surface area contributed by atoms with Gasteiger partial charge in [-0.15, -0.1) is 0 Å². The van der Waals surface area contributed by atoms with E-state index in [0.717, 1.165) is 32.4 Å². The normalized spacial score (nSPS) is 13.6. The standard InChI is InChI=1S/C20H21N3O5/c24-19(14-28-16-10-8-15(9-11-16)23(26)27)21-18-7-3-2-6-17(18)20(25)22-12-4-1-5-13-22/h2-3,6-11H,1,4-5,12-14H2,(H,21,24).